The van der Waals surface area contributed by atoms with Gasteiger partial charge in [-0.15, -0.1) is 5.10 Å². The first-order valence-corrected chi connectivity index (χ1v) is 7.45. The zero-order valence-electron chi connectivity index (χ0n) is 13.3. The number of anilines is 3. The Morgan fingerprint density at radius 1 is 1.23 bits per heavy atom. The zero-order chi connectivity index (χ0) is 16.1. The molecule has 22 heavy (non-hydrogen) atoms. The van der Waals surface area contributed by atoms with E-state index < -0.39 is 0 Å². The van der Waals surface area contributed by atoms with Crippen molar-refractivity contribution in [3.05, 3.63) is 34.5 Å². The highest BCUT2D eigenvalue weighted by Gasteiger charge is 2.08. The third-order valence-electron chi connectivity index (χ3n) is 3.09. The standard InChI is InChI=1S/C15H21ClN6/c1-10-7-11(2)14(12(16)8-10)20-15-19-13(9-18-21-15)17-5-6-22(3)4/h7-9H,5-6H2,1-4H3,(H2,17,19,20,21). The van der Waals surface area contributed by atoms with E-state index in [1.807, 2.05) is 34.0 Å². The molecule has 1 aromatic carbocycles. The van der Waals surface area contributed by atoms with Crippen LogP contribution >= 0.6 is 11.6 Å². The van der Waals surface area contributed by atoms with E-state index in [1.54, 1.807) is 6.20 Å². The van der Waals surface area contributed by atoms with E-state index >= 15 is 0 Å². The van der Waals surface area contributed by atoms with Crippen molar-refractivity contribution in [3.8, 4) is 0 Å². The molecule has 0 saturated heterocycles. The largest absolute Gasteiger partial charge is 0.367 e. The lowest BCUT2D eigenvalue weighted by Gasteiger charge is -2.13. The molecule has 6 nitrogen and oxygen atoms in total. The first-order chi connectivity index (χ1) is 10.5. The molecule has 0 aliphatic heterocycles. The average Bonchev–Trinajstić information content (AvgIpc) is 2.43. The molecule has 118 valence electrons. The molecule has 2 rings (SSSR count). The molecule has 1 aromatic heterocycles. The number of benzene rings is 1. The second kappa shape index (κ2) is 7.38. The van der Waals surface area contributed by atoms with Gasteiger partial charge in [0.15, 0.2) is 5.82 Å². The van der Waals surface area contributed by atoms with Crippen LogP contribution in [0.1, 0.15) is 11.1 Å². The van der Waals surface area contributed by atoms with Gasteiger partial charge in [-0.05, 0) is 45.1 Å². The summed E-state index contributed by atoms with van der Waals surface area (Å²) in [7, 11) is 4.05. The smallest absolute Gasteiger partial charge is 0.249 e. The molecule has 0 aliphatic carbocycles. The van der Waals surface area contributed by atoms with E-state index in [4.69, 9.17) is 11.6 Å². The molecular formula is C15H21ClN6. The topological polar surface area (TPSA) is 66.0 Å². The Morgan fingerprint density at radius 2 is 2.00 bits per heavy atom. The Hall–Kier alpha value is -1.92. The van der Waals surface area contributed by atoms with E-state index in [0.29, 0.717) is 16.8 Å². The summed E-state index contributed by atoms with van der Waals surface area (Å²) >= 11 is 6.28. The minimum Gasteiger partial charge on any atom is -0.367 e. The minimum atomic E-state index is 0.420. The maximum atomic E-state index is 6.28. The van der Waals surface area contributed by atoms with Crippen molar-refractivity contribution in [2.75, 3.05) is 37.8 Å². The monoisotopic (exact) mass is 320 g/mol. The maximum Gasteiger partial charge on any atom is 0.249 e. The normalized spacial score (nSPS) is 10.8. The number of nitrogens with zero attached hydrogens (tertiary/aromatic N) is 4. The van der Waals surface area contributed by atoms with Crippen molar-refractivity contribution < 1.29 is 0 Å². The summed E-state index contributed by atoms with van der Waals surface area (Å²) in [6.07, 6.45) is 1.60. The van der Waals surface area contributed by atoms with Gasteiger partial charge < -0.3 is 15.5 Å². The Kier molecular flexibility index (Phi) is 5.51. The van der Waals surface area contributed by atoms with E-state index in [9.17, 15) is 0 Å². The lowest BCUT2D eigenvalue weighted by Crippen LogP contribution is -2.21. The van der Waals surface area contributed by atoms with Crippen LogP contribution in [0.15, 0.2) is 18.3 Å². The number of hydrogen-bond acceptors (Lipinski definition) is 6. The third-order valence-corrected chi connectivity index (χ3v) is 3.39. The summed E-state index contributed by atoms with van der Waals surface area (Å²) in [6, 6.07) is 3.96. The molecule has 0 amide bonds. The number of hydrogen-bond donors (Lipinski definition) is 2. The Bertz CT molecular complexity index is 621. The summed E-state index contributed by atoms with van der Waals surface area (Å²) in [5.41, 5.74) is 2.96. The van der Waals surface area contributed by atoms with Crippen LogP contribution in [0, 0.1) is 13.8 Å². The van der Waals surface area contributed by atoms with Crippen LogP contribution in [0.5, 0.6) is 0 Å². The van der Waals surface area contributed by atoms with Gasteiger partial charge in [0.2, 0.25) is 5.95 Å². The molecule has 0 spiro atoms. The van der Waals surface area contributed by atoms with Crippen molar-refractivity contribution in [1.82, 2.24) is 20.1 Å². The predicted octanol–water partition coefficient (Wildman–Crippen LogP) is 2.86. The fourth-order valence-corrected chi connectivity index (χ4v) is 2.40. The summed E-state index contributed by atoms with van der Waals surface area (Å²) in [5, 5.41) is 15.0. The van der Waals surface area contributed by atoms with E-state index in [0.717, 1.165) is 29.9 Å². The molecule has 0 bridgehead atoms. The molecule has 2 N–H and O–H groups in total. The minimum absolute atomic E-state index is 0.420. The van der Waals surface area contributed by atoms with Gasteiger partial charge in [-0.1, -0.05) is 17.7 Å². The quantitative estimate of drug-likeness (QED) is 0.853. The molecule has 0 saturated carbocycles. The highest BCUT2D eigenvalue weighted by molar-refractivity contribution is 6.33. The van der Waals surface area contributed by atoms with Gasteiger partial charge in [0.05, 0.1) is 16.9 Å². The number of halogens is 1. The van der Waals surface area contributed by atoms with E-state index in [-0.39, 0.29) is 0 Å². The zero-order valence-corrected chi connectivity index (χ0v) is 14.1. The average molecular weight is 321 g/mol. The van der Waals surface area contributed by atoms with Crippen LogP contribution in [0.25, 0.3) is 0 Å². The predicted molar refractivity (Wildman–Crippen MR) is 91.1 cm³/mol. The summed E-state index contributed by atoms with van der Waals surface area (Å²) in [6.45, 7) is 5.70. The molecule has 1 heterocycles. The van der Waals surface area contributed by atoms with Gasteiger partial charge in [-0.2, -0.15) is 10.1 Å². The number of rotatable bonds is 6. The van der Waals surface area contributed by atoms with E-state index in [1.165, 1.54) is 0 Å². The highest BCUT2D eigenvalue weighted by atomic mass is 35.5. The summed E-state index contributed by atoms with van der Waals surface area (Å²) in [4.78, 5) is 6.49. The SMILES string of the molecule is Cc1cc(C)c(Nc2nncc(NCCN(C)C)n2)c(Cl)c1. The molecule has 7 heteroatoms. The summed E-state index contributed by atoms with van der Waals surface area (Å²) < 4.78 is 0. The molecule has 0 atom stereocenters. The molecule has 0 radical (unpaired) electrons. The molecule has 0 unspecified atom stereocenters. The van der Waals surface area contributed by atoms with Gasteiger partial charge >= 0.3 is 0 Å². The second-order valence-electron chi connectivity index (χ2n) is 5.46. The Morgan fingerprint density at radius 3 is 2.68 bits per heavy atom. The van der Waals surface area contributed by atoms with Gasteiger partial charge in [0.25, 0.3) is 0 Å². The first kappa shape index (κ1) is 16.5. The number of likely N-dealkylation sites (N-methyl/N-ethyl adjacent to an activating group) is 1. The van der Waals surface area contributed by atoms with Crippen LogP contribution < -0.4 is 10.6 Å². The van der Waals surface area contributed by atoms with Crippen molar-refractivity contribution in [1.29, 1.82) is 0 Å². The fraction of sp³-hybridized carbons (Fsp3) is 0.400. The lowest BCUT2D eigenvalue weighted by molar-refractivity contribution is 0.425. The summed E-state index contributed by atoms with van der Waals surface area (Å²) in [5.74, 6) is 1.10. The van der Waals surface area contributed by atoms with Crippen LogP contribution in [0.3, 0.4) is 0 Å². The van der Waals surface area contributed by atoms with Crippen LogP contribution in [-0.2, 0) is 0 Å². The van der Waals surface area contributed by atoms with Gasteiger partial charge in [0, 0.05) is 13.1 Å². The third kappa shape index (κ3) is 4.54. The molecule has 0 aliphatic rings. The van der Waals surface area contributed by atoms with Gasteiger partial charge in [-0.25, -0.2) is 0 Å². The fourth-order valence-electron chi connectivity index (χ4n) is 2.04. The van der Waals surface area contributed by atoms with Crippen LogP contribution in [0.2, 0.25) is 5.02 Å². The van der Waals surface area contributed by atoms with Crippen molar-refractivity contribution in [2.45, 2.75) is 13.8 Å². The molecular weight excluding hydrogens is 300 g/mol. The molecule has 0 fully saturated rings. The van der Waals surface area contributed by atoms with Crippen LogP contribution in [0.4, 0.5) is 17.5 Å². The van der Waals surface area contributed by atoms with Gasteiger partial charge in [0.1, 0.15) is 0 Å². The maximum absolute atomic E-state index is 6.28. The molecule has 2 aromatic rings. The first-order valence-electron chi connectivity index (χ1n) is 7.08. The van der Waals surface area contributed by atoms with Gasteiger partial charge in [-0.3, -0.25) is 0 Å². The Labute approximate surface area is 135 Å². The van der Waals surface area contributed by atoms with Crippen LogP contribution in [-0.4, -0.2) is 47.3 Å². The van der Waals surface area contributed by atoms with Crippen molar-refractivity contribution in [3.63, 3.8) is 0 Å². The number of nitrogens with one attached hydrogen (secondary N) is 2. The number of aromatic nitrogens is 3. The van der Waals surface area contributed by atoms with E-state index in [2.05, 4.69) is 36.8 Å². The van der Waals surface area contributed by atoms with Crippen molar-refractivity contribution in [2.24, 2.45) is 0 Å². The van der Waals surface area contributed by atoms with Crippen molar-refractivity contribution >= 4 is 29.1 Å². The highest BCUT2D eigenvalue weighted by Crippen LogP contribution is 2.29. The Balaban J connectivity index is 2.10. The second-order valence-corrected chi connectivity index (χ2v) is 5.87. The lowest BCUT2D eigenvalue weighted by atomic mass is 10.1. The number of aryl methyl sites for hydroxylation is 2.